The molecule has 0 bridgehead atoms. The maximum atomic E-state index is 10.0. The Bertz CT molecular complexity index is 461. The number of aliphatic hydroxyl groups excluding tert-OH is 1. The fourth-order valence-corrected chi connectivity index (χ4v) is 1.67. The van der Waals surface area contributed by atoms with Crippen LogP contribution in [0.2, 0.25) is 0 Å². The predicted octanol–water partition coefficient (Wildman–Crippen LogP) is 0.308. The number of aliphatic hydroxyl groups is 1. The van der Waals surface area contributed by atoms with Gasteiger partial charge in [-0.3, -0.25) is 4.68 Å². The Hall–Kier alpha value is -1.69. The van der Waals surface area contributed by atoms with Crippen LogP contribution in [-0.4, -0.2) is 29.4 Å². The molecule has 0 radical (unpaired) electrons. The number of nitrogens with zero attached hydrogens (tertiary/aromatic N) is 5. The third-order valence-electron chi connectivity index (χ3n) is 2.53. The first kappa shape index (κ1) is 10.8. The molecule has 0 aromatic carbocycles. The summed E-state index contributed by atoms with van der Waals surface area (Å²) in [6.45, 7) is 2.74. The monoisotopic (exact) mass is 221 g/mol. The summed E-state index contributed by atoms with van der Waals surface area (Å²) in [6.07, 6.45) is 4.77. The molecule has 0 aliphatic heterocycles. The van der Waals surface area contributed by atoms with Crippen LogP contribution in [0.3, 0.4) is 0 Å². The molecular formula is C10H15N5O. The van der Waals surface area contributed by atoms with Crippen LogP contribution in [0.15, 0.2) is 18.7 Å². The second kappa shape index (κ2) is 4.44. The second-order valence-corrected chi connectivity index (χ2v) is 3.61. The Morgan fingerprint density at radius 2 is 2.25 bits per heavy atom. The molecule has 0 spiro atoms. The summed E-state index contributed by atoms with van der Waals surface area (Å²) >= 11 is 0. The van der Waals surface area contributed by atoms with E-state index in [9.17, 15) is 5.11 Å². The number of aromatic nitrogens is 5. The van der Waals surface area contributed by atoms with Crippen molar-refractivity contribution in [1.29, 1.82) is 0 Å². The van der Waals surface area contributed by atoms with Crippen LogP contribution in [-0.2, 0) is 20.0 Å². The molecule has 16 heavy (non-hydrogen) atoms. The van der Waals surface area contributed by atoms with Gasteiger partial charge in [0.25, 0.3) is 0 Å². The number of aryl methyl sites for hydroxylation is 2. The Morgan fingerprint density at radius 1 is 1.44 bits per heavy atom. The van der Waals surface area contributed by atoms with Crippen LogP contribution in [0.4, 0.5) is 0 Å². The van der Waals surface area contributed by atoms with Crippen LogP contribution < -0.4 is 0 Å². The Morgan fingerprint density at radius 3 is 2.88 bits per heavy atom. The van der Waals surface area contributed by atoms with Gasteiger partial charge in [-0.25, -0.2) is 9.97 Å². The van der Waals surface area contributed by atoms with Gasteiger partial charge in [-0.05, 0) is 6.92 Å². The smallest absolute Gasteiger partial charge is 0.138 e. The summed E-state index contributed by atoms with van der Waals surface area (Å²) in [5, 5.41) is 14.1. The van der Waals surface area contributed by atoms with Crippen LogP contribution in [0.25, 0.3) is 0 Å². The number of hydrogen-bond donors (Lipinski definition) is 1. The first-order valence-electron chi connectivity index (χ1n) is 5.24. The van der Waals surface area contributed by atoms with E-state index in [2.05, 4.69) is 15.1 Å². The standard InChI is InChI=1S/C10H15N5O/c1-3-15-9(12-7-13-15)6-8(16)10-11-4-5-14(10)2/h4-5,7-8,16H,3,6H2,1-2H3. The summed E-state index contributed by atoms with van der Waals surface area (Å²) in [6, 6.07) is 0. The maximum Gasteiger partial charge on any atom is 0.138 e. The fraction of sp³-hybridized carbons (Fsp3) is 0.500. The molecule has 2 aromatic rings. The summed E-state index contributed by atoms with van der Waals surface area (Å²) in [4.78, 5) is 8.23. The molecule has 2 rings (SSSR count). The second-order valence-electron chi connectivity index (χ2n) is 3.61. The van der Waals surface area contributed by atoms with E-state index in [0.29, 0.717) is 12.2 Å². The SMILES string of the molecule is CCn1ncnc1CC(O)c1nccn1C. The van der Waals surface area contributed by atoms with E-state index in [-0.39, 0.29) is 0 Å². The maximum absolute atomic E-state index is 10.0. The summed E-state index contributed by atoms with van der Waals surface area (Å²) in [7, 11) is 1.86. The zero-order valence-electron chi connectivity index (χ0n) is 9.41. The van der Waals surface area contributed by atoms with Gasteiger partial charge >= 0.3 is 0 Å². The molecule has 1 N–H and O–H groups in total. The lowest BCUT2D eigenvalue weighted by molar-refractivity contribution is 0.161. The molecule has 0 saturated carbocycles. The van der Waals surface area contributed by atoms with E-state index >= 15 is 0 Å². The lowest BCUT2D eigenvalue weighted by Gasteiger charge is -2.10. The van der Waals surface area contributed by atoms with Crippen molar-refractivity contribution in [3.63, 3.8) is 0 Å². The molecule has 1 atom stereocenters. The molecule has 0 aliphatic rings. The molecule has 0 fully saturated rings. The highest BCUT2D eigenvalue weighted by Crippen LogP contribution is 2.14. The highest BCUT2D eigenvalue weighted by molar-refractivity contribution is 5.00. The minimum Gasteiger partial charge on any atom is -0.385 e. The van der Waals surface area contributed by atoms with Crippen molar-refractivity contribution in [3.8, 4) is 0 Å². The van der Waals surface area contributed by atoms with Crippen LogP contribution in [0, 0.1) is 0 Å². The zero-order valence-corrected chi connectivity index (χ0v) is 9.41. The quantitative estimate of drug-likeness (QED) is 0.806. The first-order chi connectivity index (χ1) is 7.72. The van der Waals surface area contributed by atoms with Crippen LogP contribution in [0.1, 0.15) is 24.7 Å². The third kappa shape index (κ3) is 1.96. The van der Waals surface area contributed by atoms with Crippen molar-refractivity contribution in [3.05, 3.63) is 30.4 Å². The van der Waals surface area contributed by atoms with Crippen molar-refractivity contribution in [2.75, 3.05) is 0 Å². The Balaban J connectivity index is 2.13. The number of imidazole rings is 1. The minimum atomic E-state index is -0.644. The van der Waals surface area contributed by atoms with Gasteiger partial charge in [0.15, 0.2) is 0 Å². The minimum absolute atomic E-state index is 0.429. The van der Waals surface area contributed by atoms with Gasteiger partial charge in [0.2, 0.25) is 0 Å². The van der Waals surface area contributed by atoms with E-state index in [0.717, 1.165) is 12.4 Å². The number of hydrogen-bond acceptors (Lipinski definition) is 4. The van der Waals surface area contributed by atoms with Gasteiger partial charge < -0.3 is 9.67 Å². The topological polar surface area (TPSA) is 68.8 Å². The van der Waals surface area contributed by atoms with Crippen LogP contribution >= 0.6 is 0 Å². The summed E-state index contributed by atoms with van der Waals surface area (Å²) in [5.74, 6) is 1.42. The number of rotatable bonds is 4. The Labute approximate surface area is 93.6 Å². The van der Waals surface area contributed by atoms with Gasteiger partial charge in [-0.15, -0.1) is 0 Å². The van der Waals surface area contributed by atoms with Gasteiger partial charge in [-0.2, -0.15) is 5.10 Å². The van der Waals surface area contributed by atoms with Crippen LogP contribution in [0.5, 0.6) is 0 Å². The van der Waals surface area contributed by atoms with Gasteiger partial charge in [0, 0.05) is 32.4 Å². The third-order valence-corrected chi connectivity index (χ3v) is 2.53. The van der Waals surface area contributed by atoms with Crippen molar-refractivity contribution in [2.45, 2.75) is 26.0 Å². The Kier molecular flexibility index (Phi) is 3.00. The van der Waals surface area contributed by atoms with Gasteiger partial charge in [0.1, 0.15) is 24.1 Å². The zero-order chi connectivity index (χ0) is 11.5. The predicted molar refractivity (Wildman–Crippen MR) is 57.6 cm³/mol. The van der Waals surface area contributed by atoms with Gasteiger partial charge in [0.05, 0.1) is 0 Å². The highest BCUT2D eigenvalue weighted by atomic mass is 16.3. The lowest BCUT2D eigenvalue weighted by Crippen LogP contribution is -2.12. The van der Waals surface area contributed by atoms with E-state index in [1.807, 2.05) is 20.2 Å². The van der Waals surface area contributed by atoms with E-state index < -0.39 is 6.10 Å². The summed E-state index contributed by atoms with van der Waals surface area (Å²) < 4.78 is 3.57. The van der Waals surface area contributed by atoms with Crippen molar-refractivity contribution in [1.82, 2.24) is 24.3 Å². The molecule has 0 aliphatic carbocycles. The van der Waals surface area contributed by atoms with E-state index in [1.165, 1.54) is 6.33 Å². The normalized spacial score (nSPS) is 12.9. The largest absolute Gasteiger partial charge is 0.385 e. The molecule has 6 nitrogen and oxygen atoms in total. The molecule has 86 valence electrons. The van der Waals surface area contributed by atoms with Crippen molar-refractivity contribution in [2.24, 2.45) is 7.05 Å². The molecule has 2 heterocycles. The first-order valence-corrected chi connectivity index (χ1v) is 5.24. The average molecular weight is 221 g/mol. The molecule has 0 amide bonds. The highest BCUT2D eigenvalue weighted by Gasteiger charge is 2.16. The van der Waals surface area contributed by atoms with Crippen molar-refractivity contribution < 1.29 is 5.11 Å². The van der Waals surface area contributed by atoms with E-state index in [1.54, 1.807) is 15.4 Å². The molecule has 2 aromatic heterocycles. The van der Waals surface area contributed by atoms with Crippen molar-refractivity contribution >= 4 is 0 Å². The molecule has 0 saturated heterocycles. The molecular weight excluding hydrogens is 206 g/mol. The molecule has 1 unspecified atom stereocenters. The average Bonchev–Trinajstić information content (AvgIpc) is 2.86. The van der Waals surface area contributed by atoms with E-state index in [4.69, 9.17) is 0 Å². The lowest BCUT2D eigenvalue weighted by atomic mass is 10.2. The molecule has 6 heteroatoms. The van der Waals surface area contributed by atoms with Gasteiger partial charge in [-0.1, -0.05) is 0 Å². The fourth-order valence-electron chi connectivity index (χ4n) is 1.67. The summed E-state index contributed by atoms with van der Waals surface area (Å²) in [5.41, 5.74) is 0.